The van der Waals surface area contributed by atoms with Gasteiger partial charge in [0.05, 0.1) is 0 Å². The second kappa shape index (κ2) is 9.28. The minimum Gasteiger partial charge on any atom is -0.400 e. The van der Waals surface area contributed by atoms with Crippen LogP contribution >= 0.6 is 0 Å². The van der Waals surface area contributed by atoms with Gasteiger partial charge in [-0.1, -0.05) is 38.6 Å². The molecule has 0 fully saturated rings. The Kier molecular flexibility index (Phi) is 10.0. The maximum atomic E-state index is 7.00. The van der Waals surface area contributed by atoms with Crippen LogP contribution in [-0.4, -0.2) is 12.2 Å². The zero-order chi connectivity index (χ0) is 12.4. The lowest BCUT2D eigenvalue weighted by atomic mass is 10.0. The Morgan fingerprint density at radius 2 is 1.67 bits per heavy atom. The molecule has 0 spiro atoms. The molecule has 1 rings (SSSR count). The first-order chi connectivity index (χ1) is 7.13. The average molecular weight is 209 g/mol. The van der Waals surface area contributed by atoms with Gasteiger partial charge < -0.3 is 10.8 Å². The third-order valence-corrected chi connectivity index (χ3v) is 1.95. The predicted molar refractivity (Wildman–Crippen MR) is 68.6 cm³/mol. The number of hydrogen-bond donors (Lipinski definition) is 2. The zero-order valence-electron chi connectivity index (χ0n) is 10.5. The first-order valence-corrected chi connectivity index (χ1v) is 5.08. The van der Waals surface area contributed by atoms with Gasteiger partial charge in [-0.2, -0.15) is 0 Å². The maximum Gasteiger partial charge on any atom is 0.0319 e. The van der Waals surface area contributed by atoms with Crippen molar-refractivity contribution in [2.75, 3.05) is 7.11 Å². The van der Waals surface area contributed by atoms with E-state index in [0.29, 0.717) is 5.70 Å². The summed E-state index contributed by atoms with van der Waals surface area (Å²) >= 11 is 0. The minimum absolute atomic E-state index is 0.645. The van der Waals surface area contributed by atoms with E-state index in [9.17, 15) is 0 Å². The molecule has 0 atom stereocenters. The highest BCUT2D eigenvalue weighted by atomic mass is 16.2. The van der Waals surface area contributed by atoms with E-state index >= 15 is 0 Å². The Labute approximate surface area is 93.4 Å². The molecule has 15 heavy (non-hydrogen) atoms. The number of aliphatic hydroxyl groups excluding tert-OH is 1. The lowest BCUT2D eigenvalue weighted by molar-refractivity contribution is 0.399. The summed E-state index contributed by atoms with van der Waals surface area (Å²) < 4.78 is 0. The molecular formula is C13H23NO. The number of nitrogens with two attached hydrogens (primary N) is 1. The summed E-state index contributed by atoms with van der Waals surface area (Å²) in [6, 6.07) is 6.06. The lowest BCUT2D eigenvalue weighted by Crippen LogP contribution is -1.97. The van der Waals surface area contributed by atoms with Crippen molar-refractivity contribution in [1.29, 1.82) is 0 Å². The normalized spacial score (nSPS) is 7.87. The molecule has 0 aliphatic rings. The molecule has 0 aromatic heterocycles. The monoisotopic (exact) mass is 209 g/mol. The fraction of sp³-hybridized carbons (Fsp3) is 0.385. The van der Waals surface area contributed by atoms with Crippen LogP contribution in [0.3, 0.4) is 0 Å². The first kappa shape index (κ1) is 16.2. The number of hydrogen-bond acceptors (Lipinski definition) is 2. The number of benzene rings is 1. The SMILES string of the molecule is C=C(N)c1cccc(C)c1C.CC.CO. The van der Waals surface area contributed by atoms with E-state index in [-0.39, 0.29) is 0 Å². The van der Waals surface area contributed by atoms with Gasteiger partial charge in [-0.15, -0.1) is 0 Å². The van der Waals surface area contributed by atoms with Gasteiger partial charge in [-0.25, -0.2) is 0 Å². The second-order valence-electron chi connectivity index (χ2n) is 2.77. The van der Waals surface area contributed by atoms with Crippen LogP contribution < -0.4 is 5.73 Å². The molecule has 2 nitrogen and oxygen atoms in total. The molecule has 0 saturated heterocycles. The van der Waals surface area contributed by atoms with Crippen LogP contribution in [0.2, 0.25) is 0 Å². The van der Waals surface area contributed by atoms with Gasteiger partial charge in [0.25, 0.3) is 0 Å². The molecule has 0 bridgehead atoms. The number of aliphatic hydroxyl groups is 1. The Bertz CT molecular complexity index is 293. The van der Waals surface area contributed by atoms with Crippen LogP contribution in [-0.2, 0) is 0 Å². The van der Waals surface area contributed by atoms with E-state index in [4.69, 9.17) is 10.8 Å². The van der Waals surface area contributed by atoms with Crippen molar-refractivity contribution in [3.63, 3.8) is 0 Å². The predicted octanol–water partition coefficient (Wildman–Crippen LogP) is 2.87. The molecule has 3 N–H and O–H groups in total. The highest BCUT2D eigenvalue weighted by Crippen LogP contribution is 2.16. The fourth-order valence-corrected chi connectivity index (χ4v) is 1.10. The van der Waals surface area contributed by atoms with Crippen molar-refractivity contribution < 1.29 is 5.11 Å². The Morgan fingerprint density at radius 1 is 1.20 bits per heavy atom. The van der Waals surface area contributed by atoms with Crippen molar-refractivity contribution in [3.8, 4) is 0 Å². The van der Waals surface area contributed by atoms with E-state index in [1.165, 1.54) is 11.1 Å². The quantitative estimate of drug-likeness (QED) is 0.747. The maximum absolute atomic E-state index is 7.00. The molecule has 0 unspecified atom stereocenters. The summed E-state index contributed by atoms with van der Waals surface area (Å²) in [4.78, 5) is 0. The molecule has 0 saturated carbocycles. The van der Waals surface area contributed by atoms with Crippen LogP contribution in [0, 0.1) is 13.8 Å². The van der Waals surface area contributed by atoms with Gasteiger partial charge in [-0.05, 0) is 30.5 Å². The van der Waals surface area contributed by atoms with Crippen LogP contribution in [0.25, 0.3) is 5.70 Å². The van der Waals surface area contributed by atoms with Gasteiger partial charge in [-0.3, -0.25) is 0 Å². The molecule has 86 valence electrons. The zero-order valence-corrected chi connectivity index (χ0v) is 10.5. The van der Waals surface area contributed by atoms with Gasteiger partial charge in [0.1, 0.15) is 0 Å². The second-order valence-corrected chi connectivity index (χ2v) is 2.77. The molecule has 1 aromatic carbocycles. The van der Waals surface area contributed by atoms with E-state index in [0.717, 1.165) is 12.7 Å². The van der Waals surface area contributed by atoms with Crippen molar-refractivity contribution in [2.45, 2.75) is 27.7 Å². The first-order valence-electron chi connectivity index (χ1n) is 5.08. The van der Waals surface area contributed by atoms with Crippen LogP contribution in [0.5, 0.6) is 0 Å². The van der Waals surface area contributed by atoms with Crippen LogP contribution in [0.4, 0.5) is 0 Å². The molecule has 2 heteroatoms. The summed E-state index contributed by atoms with van der Waals surface area (Å²) in [5.74, 6) is 0. The Morgan fingerprint density at radius 3 is 2.00 bits per heavy atom. The molecule has 1 aromatic rings. The highest BCUT2D eigenvalue weighted by Gasteiger charge is 1.99. The van der Waals surface area contributed by atoms with Gasteiger partial charge in [0.15, 0.2) is 0 Å². The van der Waals surface area contributed by atoms with Gasteiger partial charge >= 0.3 is 0 Å². The average Bonchev–Trinajstić information content (AvgIpc) is 2.27. The largest absolute Gasteiger partial charge is 0.400 e. The standard InChI is InChI=1S/C10H13N.C2H6.CH4O/c1-7-5-4-6-10(8(7)2)9(3)11;2*1-2/h4-6H,3,11H2,1-2H3;1-2H3;2H,1H3. The van der Waals surface area contributed by atoms with Crippen molar-refractivity contribution in [2.24, 2.45) is 5.73 Å². The third kappa shape index (κ3) is 5.23. The van der Waals surface area contributed by atoms with E-state index in [2.05, 4.69) is 26.5 Å². The summed E-state index contributed by atoms with van der Waals surface area (Å²) in [7, 11) is 1.00. The third-order valence-electron chi connectivity index (χ3n) is 1.95. The van der Waals surface area contributed by atoms with Gasteiger partial charge in [0, 0.05) is 12.8 Å². The number of aryl methyl sites for hydroxylation is 1. The molecule has 0 aliphatic heterocycles. The molecule has 0 radical (unpaired) electrons. The number of rotatable bonds is 1. The van der Waals surface area contributed by atoms with E-state index < -0.39 is 0 Å². The molecule has 0 amide bonds. The Hall–Kier alpha value is -1.28. The topological polar surface area (TPSA) is 46.2 Å². The Balaban J connectivity index is 0. The van der Waals surface area contributed by atoms with Crippen molar-refractivity contribution in [3.05, 3.63) is 41.5 Å². The molecule has 0 heterocycles. The van der Waals surface area contributed by atoms with Crippen molar-refractivity contribution >= 4 is 5.70 Å². The smallest absolute Gasteiger partial charge is 0.0319 e. The summed E-state index contributed by atoms with van der Waals surface area (Å²) in [6.07, 6.45) is 0. The minimum atomic E-state index is 0.645. The van der Waals surface area contributed by atoms with Crippen molar-refractivity contribution in [1.82, 2.24) is 0 Å². The fourth-order valence-electron chi connectivity index (χ4n) is 1.10. The van der Waals surface area contributed by atoms with Gasteiger partial charge in [0.2, 0.25) is 0 Å². The lowest BCUT2D eigenvalue weighted by Gasteiger charge is -2.06. The summed E-state index contributed by atoms with van der Waals surface area (Å²) in [5.41, 5.74) is 9.77. The molecular weight excluding hydrogens is 186 g/mol. The highest BCUT2D eigenvalue weighted by molar-refractivity contribution is 5.64. The van der Waals surface area contributed by atoms with E-state index in [1.807, 2.05) is 26.0 Å². The van der Waals surface area contributed by atoms with E-state index in [1.54, 1.807) is 0 Å². The summed E-state index contributed by atoms with van der Waals surface area (Å²) in [6.45, 7) is 11.8. The molecule has 0 aliphatic carbocycles. The summed E-state index contributed by atoms with van der Waals surface area (Å²) in [5, 5.41) is 7.00. The van der Waals surface area contributed by atoms with Crippen LogP contribution in [0.15, 0.2) is 24.8 Å². The van der Waals surface area contributed by atoms with Crippen LogP contribution in [0.1, 0.15) is 30.5 Å².